The topological polar surface area (TPSA) is 56.8 Å². The Hall–Kier alpha value is -2.69. The Labute approximate surface area is 142 Å². The Balaban J connectivity index is 2.44. The van der Waals surface area contributed by atoms with Gasteiger partial charge in [0.2, 0.25) is 5.75 Å². The van der Waals surface area contributed by atoms with Crippen LogP contribution in [0.2, 0.25) is 0 Å². The maximum atomic E-state index is 12.8. The van der Waals surface area contributed by atoms with Crippen LogP contribution in [0.15, 0.2) is 30.3 Å². The van der Waals surface area contributed by atoms with E-state index >= 15 is 0 Å². The molecule has 24 heavy (non-hydrogen) atoms. The maximum absolute atomic E-state index is 12.8. The van der Waals surface area contributed by atoms with Gasteiger partial charge >= 0.3 is 0 Å². The molecule has 1 amide bonds. The summed E-state index contributed by atoms with van der Waals surface area (Å²) in [6, 6.07) is 9.32. The highest BCUT2D eigenvalue weighted by atomic mass is 16.5. The number of rotatable bonds is 6. The van der Waals surface area contributed by atoms with Crippen LogP contribution in [0.1, 0.15) is 28.4 Å². The van der Waals surface area contributed by atoms with E-state index in [1.54, 1.807) is 12.1 Å². The Morgan fingerprint density at radius 1 is 1.00 bits per heavy atom. The smallest absolute Gasteiger partial charge is 0.259 e. The Morgan fingerprint density at radius 2 is 1.71 bits per heavy atom. The molecule has 5 nitrogen and oxygen atoms in total. The minimum atomic E-state index is -0.253. The third-order valence-corrected chi connectivity index (χ3v) is 3.93. The first-order valence-electron chi connectivity index (χ1n) is 7.76. The van der Waals surface area contributed by atoms with Crippen molar-refractivity contribution in [3.8, 4) is 17.2 Å². The second kappa shape index (κ2) is 7.73. The van der Waals surface area contributed by atoms with Gasteiger partial charge in [-0.2, -0.15) is 0 Å². The molecule has 0 aliphatic carbocycles. The summed E-state index contributed by atoms with van der Waals surface area (Å²) in [7, 11) is 4.55. The minimum Gasteiger partial charge on any atom is -0.493 e. The van der Waals surface area contributed by atoms with E-state index in [1.807, 2.05) is 25.1 Å². The summed E-state index contributed by atoms with van der Waals surface area (Å²) in [5.74, 6) is 1.00. The number of anilines is 1. The van der Waals surface area contributed by atoms with Crippen molar-refractivity contribution >= 4 is 11.6 Å². The van der Waals surface area contributed by atoms with E-state index in [1.165, 1.54) is 21.3 Å². The summed E-state index contributed by atoms with van der Waals surface area (Å²) in [5, 5.41) is 2.99. The van der Waals surface area contributed by atoms with Crippen LogP contribution in [0.5, 0.6) is 17.2 Å². The van der Waals surface area contributed by atoms with Crippen molar-refractivity contribution in [1.82, 2.24) is 0 Å². The molecule has 0 aromatic heterocycles. The number of methoxy groups -OCH3 is 3. The van der Waals surface area contributed by atoms with E-state index in [4.69, 9.17) is 14.2 Å². The molecule has 2 aromatic rings. The van der Waals surface area contributed by atoms with E-state index in [0.717, 1.165) is 23.2 Å². The molecule has 2 aromatic carbocycles. The largest absolute Gasteiger partial charge is 0.493 e. The second-order valence-electron chi connectivity index (χ2n) is 5.30. The molecule has 0 unspecified atom stereocenters. The van der Waals surface area contributed by atoms with E-state index in [2.05, 4.69) is 12.2 Å². The molecule has 5 heteroatoms. The molecule has 0 bridgehead atoms. The van der Waals surface area contributed by atoms with Gasteiger partial charge in [0.1, 0.15) is 0 Å². The number of carbonyl (C=O) groups is 1. The lowest BCUT2D eigenvalue weighted by Gasteiger charge is -2.17. The van der Waals surface area contributed by atoms with Crippen molar-refractivity contribution in [2.75, 3.05) is 26.6 Å². The molecule has 0 atom stereocenters. The summed E-state index contributed by atoms with van der Waals surface area (Å²) >= 11 is 0. The number of para-hydroxylation sites is 1. The Morgan fingerprint density at radius 3 is 2.29 bits per heavy atom. The molecule has 0 aliphatic heterocycles. The number of carbonyl (C=O) groups excluding carboxylic acids is 1. The number of aryl methyl sites for hydroxylation is 2. The van der Waals surface area contributed by atoms with Crippen LogP contribution >= 0.6 is 0 Å². The molecule has 0 fully saturated rings. The van der Waals surface area contributed by atoms with E-state index in [-0.39, 0.29) is 5.91 Å². The standard InChI is InChI=1S/C19H23NO4/c1-6-13-9-7-8-12(2)16(13)20-19(21)14-10-11-15(22-3)18(24-5)17(14)23-4/h7-11H,6H2,1-5H3,(H,20,21). The molecule has 128 valence electrons. The SMILES string of the molecule is CCc1cccc(C)c1NC(=O)c1ccc(OC)c(OC)c1OC. The predicted molar refractivity (Wildman–Crippen MR) is 94.6 cm³/mol. The van der Waals surface area contributed by atoms with E-state index in [9.17, 15) is 4.79 Å². The van der Waals surface area contributed by atoms with Gasteiger partial charge in [-0.25, -0.2) is 0 Å². The lowest BCUT2D eigenvalue weighted by atomic mass is 10.0. The monoisotopic (exact) mass is 329 g/mol. The summed E-state index contributed by atoms with van der Waals surface area (Å²) in [6.45, 7) is 4.03. The highest BCUT2D eigenvalue weighted by molar-refractivity contribution is 6.07. The normalized spacial score (nSPS) is 10.2. The van der Waals surface area contributed by atoms with Gasteiger partial charge in [-0.05, 0) is 36.6 Å². The van der Waals surface area contributed by atoms with Gasteiger partial charge < -0.3 is 19.5 Å². The summed E-state index contributed by atoms with van der Waals surface area (Å²) in [5.41, 5.74) is 3.33. The molecular formula is C19H23NO4. The first kappa shape index (κ1) is 17.7. The fourth-order valence-corrected chi connectivity index (χ4v) is 2.66. The van der Waals surface area contributed by atoms with Crippen molar-refractivity contribution in [1.29, 1.82) is 0 Å². The van der Waals surface area contributed by atoms with Crippen molar-refractivity contribution < 1.29 is 19.0 Å². The Kier molecular flexibility index (Phi) is 5.68. The lowest BCUT2D eigenvalue weighted by Crippen LogP contribution is -2.16. The van der Waals surface area contributed by atoms with Crippen LogP contribution in [-0.4, -0.2) is 27.2 Å². The van der Waals surface area contributed by atoms with Crippen molar-refractivity contribution in [3.05, 3.63) is 47.0 Å². The summed E-state index contributed by atoms with van der Waals surface area (Å²) < 4.78 is 16.0. The molecule has 0 saturated heterocycles. The number of ether oxygens (including phenoxy) is 3. The highest BCUT2D eigenvalue weighted by Gasteiger charge is 2.21. The predicted octanol–water partition coefficient (Wildman–Crippen LogP) is 3.84. The van der Waals surface area contributed by atoms with Gasteiger partial charge in [0.05, 0.1) is 26.9 Å². The van der Waals surface area contributed by atoms with Crippen LogP contribution in [0.25, 0.3) is 0 Å². The minimum absolute atomic E-state index is 0.253. The average molecular weight is 329 g/mol. The zero-order chi connectivity index (χ0) is 17.7. The zero-order valence-electron chi connectivity index (χ0n) is 14.7. The van der Waals surface area contributed by atoms with Crippen LogP contribution in [-0.2, 0) is 6.42 Å². The van der Waals surface area contributed by atoms with Gasteiger partial charge in [0, 0.05) is 5.69 Å². The molecule has 2 rings (SSSR count). The van der Waals surface area contributed by atoms with Gasteiger partial charge in [-0.1, -0.05) is 25.1 Å². The molecule has 0 spiro atoms. The fraction of sp³-hybridized carbons (Fsp3) is 0.316. The third kappa shape index (κ3) is 3.30. The van der Waals surface area contributed by atoms with Crippen LogP contribution in [0, 0.1) is 6.92 Å². The highest BCUT2D eigenvalue weighted by Crippen LogP contribution is 2.40. The number of benzene rings is 2. The lowest BCUT2D eigenvalue weighted by molar-refractivity contribution is 0.102. The maximum Gasteiger partial charge on any atom is 0.259 e. The molecular weight excluding hydrogens is 306 g/mol. The van der Waals surface area contributed by atoms with Gasteiger partial charge in [0.15, 0.2) is 11.5 Å². The quantitative estimate of drug-likeness (QED) is 0.875. The van der Waals surface area contributed by atoms with Crippen LogP contribution < -0.4 is 19.5 Å². The number of hydrogen-bond acceptors (Lipinski definition) is 4. The molecule has 0 heterocycles. The molecule has 0 radical (unpaired) electrons. The van der Waals surface area contributed by atoms with Crippen molar-refractivity contribution in [2.24, 2.45) is 0 Å². The van der Waals surface area contributed by atoms with Crippen LogP contribution in [0.3, 0.4) is 0 Å². The first-order valence-corrected chi connectivity index (χ1v) is 7.76. The Bertz CT molecular complexity index is 740. The number of nitrogens with one attached hydrogen (secondary N) is 1. The third-order valence-electron chi connectivity index (χ3n) is 3.93. The zero-order valence-corrected chi connectivity index (χ0v) is 14.7. The number of hydrogen-bond donors (Lipinski definition) is 1. The van der Waals surface area contributed by atoms with Gasteiger partial charge in [0.25, 0.3) is 5.91 Å². The summed E-state index contributed by atoms with van der Waals surface area (Å²) in [4.78, 5) is 12.8. The summed E-state index contributed by atoms with van der Waals surface area (Å²) in [6.07, 6.45) is 0.834. The second-order valence-corrected chi connectivity index (χ2v) is 5.30. The van der Waals surface area contributed by atoms with Crippen LogP contribution in [0.4, 0.5) is 5.69 Å². The van der Waals surface area contributed by atoms with Gasteiger partial charge in [-0.15, -0.1) is 0 Å². The fourth-order valence-electron chi connectivity index (χ4n) is 2.66. The molecule has 1 N–H and O–H groups in total. The average Bonchev–Trinajstić information content (AvgIpc) is 2.61. The number of amides is 1. The van der Waals surface area contributed by atoms with Crippen molar-refractivity contribution in [3.63, 3.8) is 0 Å². The first-order chi connectivity index (χ1) is 11.6. The van der Waals surface area contributed by atoms with E-state index < -0.39 is 0 Å². The van der Waals surface area contributed by atoms with Crippen molar-refractivity contribution in [2.45, 2.75) is 20.3 Å². The van der Waals surface area contributed by atoms with Gasteiger partial charge in [-0.3, -0.25) is 4.79 Å². The molecule has 0 aliphatic rings. The molecule has 0 saturated carbocycles. The van der Waals surface area contributed by atoms with E-state index in [0.29, 0.717) is 22.8 Å².